The number of carbonyl (C=O) groups is 1. The van der Waals surface area contributed by atoms with Crippen molar-refractivity contribution in [2.75, 3.05) is 0 Å². The summed E-state index contributed by atoms with van der Waals surface area (Å²) in [5.74, 6) is -0.0854. The second kappa shape index (κ2) is 9.41. The molecule has 1 saturated carbocycles. The van der Waals surface area contributed by atoms with Crippen LogP contribution in [-0.4, -0.2) is 21.9 Å². The monoisotopic (exact) mass is 379 g/mol. The number of amides is 2. The molecule has 1 fully saturated rings. The number of carbonyl (C=O) groups excluding carboxylic acids is 1. The molecule has 0 saturated heterocycles. The van der Waals surface area contributed by atoms with Crippen LogP contribution >= 0.6 is 0 Å². The van der Waals surface area contributed by atoms with E-state index in [1.165, 1.54) is 0 Å². The summed E-state index contributed by atoms with van der Waals surface area (Å²) in [6, 6.07) is 12.2. The molecular weight excluding hydrogens is 350 g/mol. The van der Waals surface area contributed by atoms with Gasteiger partial charge in [0.15, 0.2) is 0 Å². The van der Waals surface area contributed by atoms with E-state index in [-0.39, 0.29) is 18.0 Å². The van der Waals surface area contributed by atoms with Crippen molar-refractivity contribution in [3.8, 4) is 11.8 Å². The average molecular weight is 380 g/mol. The zero-order chi connectivity index (χ0) is 19.9. The molecule has 1 aliphatic rings. The second-order valence-corrected chi connectivity index (χ2v) is 7.28. The molecule has 2 N–H and O–H groups in total. The number of urea groups is 1. The van der Waals surface area contributed by atoms with Crippen molar-refractivity contribution >= 4 is 6.03 Å². The van der Waals surface area contributed by atoms with Crippen molar-refractivity contribution in [2.45, 2.75) is 65.0 Å². The summed E-state index contributed by atoms with van der Waals surface area (Å²) < 4.78 is 1.99. The minimum atomic E-state index is -0.205. The summed E-state index contributed by atoms with van der Waals surface area (Å²) in [6.07, 6.45) is 5.51. The van der Waals surface area contributed by atoms with Crippen LogP contribution in [-0.2, 0) is 19.4 Å². The number of benzene rings is 1. The predicted molar refractivity (Wildman–Crippen MR) is 109 cm³/mol. The van der Waals surface area contributed by atoms with E-state index in [0.29, 0.717) is 6.54 Å². The van der Waals surface area contributed by atoms with Crippen LogP contribution in [0.3, 0.4) is 0 Å². The Kier molecular flexibility index (Phi) is 6.70. The van der Waals surface area contributed by atoms with Crippen LogP contribution in [0.4, 0.5) is 4.79 Å². The van der Waals surface area contributed by atoms with Crippen molar-refractivity contribution in [2.24, 2.45) is 5.92 Å². The Morgan fingerprint density at radius 3 is 2.64 bits per heavy atom. The zero-order valence-corrected chi connectivity index (χ0v) is 16.7. The Morgan fingerprint density at radius 1 is 1.21 bits per heavy atom. The first-order chi connectivity index (χ1) is 13.7. The third-order valence-corrected chi connectivity index (χ3v) is 5.52. The van der Waals surface area contributed by atoms with E-state index in [2.05, 4.69) is 30.6 Å². The maximum atomic E-state index is 12.5. The third kappa shape index (κ3) is 4.36. The molecule has 2 aromatic rings. The SMILES string of the molecule is CCc1nn(-c2ccccc2)c(CC)c1CNC(=O)NC1CCCCC1C#N. The number of rotatable bonds is 6. The van der Waals surface area contributed by atoms with E-state index in [9.17, 15) is 10.1 Å². The highest BCUT2D eigenvalue weighted by Gasteiger charge is 2.26. The fourth-order valence-electron chi connectivity index (χ4n) is 4.02. The molecule has 0 spiro atoms. The molecule has 6 nitrogen and oxygen atoms in total. The van der Waals surface area contributed by atoms with Gasteiger partial charge in [0, 0.05) is 23.8 Å². The van der Waals surface area contributed by atoms with Crippen LogP contribution < -0.4 is 10.6 Å². The maximum absolute atomic E-state index is 12.5. The quantitative estimate of drug-likeness (QED) is 0.799. The van der Waals surface area contributed by atoms with E-state index in [4.69, 9.17) is 5.10 Å². The lowest BCUT2D eigenvalue weighted by molar-refractivity contribution is 0.226. The normalized spacial score (nSPS) is 19.0. The molecule has 1 heterocycles. The van der Waals surface area contributed by atoms with Gasteiger partial charge in [-0.3, -0.25) is 0 Å². The molecule has 0 bridgehead atoms. The Hall–Kier alpha value is -2.81. The van der Waals surface area contributed by atoms with Crippen molar-refractivity contribution in [3.63, 3.8) is 0 Å². The van der Waals surface area contributed by atoms with E-state index >= 15 is 0 Å². The summed E-state index contributed by atoms with van der Waals surface area (Å²) in [7, 11) is 0. The van der Waals surface area contributed by atoms with Crippen LogP contribution in [0.15, 0.2) is 30.3 Å². The molecule has 0 aliphatic heterocycles. The lowest BCUT2D eigenvalue weighted by Gasteiger charge is -2.27. The summed E-state index contributed by atoms with van der Waals surface area (Å²) >= 11 is 0. The van der Waals surface area contributed by atoms with Crippen molar-refractivity contribution in [1.29, 1.82) is 5.26 Å². The first-order valence-electron chi connectivity index (χ1n) is 10.3. The maximum Gasteiger partial charge on any atom is 0.315 e. The first-order valence-corrected chi connectivity index (χ1v) is 10.3. The highest BCUT2D eigenvalue weighted by atomic mass is 16.2. The van der Waals surface area contributed by atoms with Gasteiger partial charge in [-0.05, 0) is 37.8 Å². The molecule has 1 aromatic heterocycles. The van der Waals surface area contributed by atoms with Gasteiger partial charge in [-0.1, -0.05) is 44.9 Å². The number of aryl methyl sites for hydroxylation is 1. The Bertz CT molecular complexity index is 837. The van der Waals surface area contributed by atoms with Gasteiger partial charge < -0.3 is 10.6 Å². The van der Waals surface area contributed by atoms with Gasteiger partial charge in [0.05, 0.1) is 23.4 Å². The smallest absolute Gasteiger partial charge is 0.315 e. The summed E-state index contributed by atoms with van der Waals surface area (Å²) in [5, 5.41) is 20.1. The van der Waals surface area contributed by atoms with Gasteiger partial charge in [-0.2, -0.15) is 10.4 Å². The standard InChI is InChI=1S/C22H29N5O/c1-3-19-18(21(4-2)27(26-19)17-11-6-5-7-12-17)15-24-22(28)25-20-13-9-8-10-16(20)14-23/h5-7,11-12,16,20H,3-4,8-10,13,15H2,1-2H3,(H2,24,25,28). The number of nitrogens with one attached hydrogen (secondary N) is 2. The summed E-state index contributed by atoms with van der Waals surface area (Å²) in [4.78, 5) is 12.5. The molecule has 1 aliphatic carbocycles. The summed E-state index contributed by atoms with van der Waals surface area (Å²) in [5.41, 5.74) is 4.25. The lowest BCUT2D eigenvalue weighted by Crippen LogP contribution is -2.46. The fraction of sp³-hybridized carbons (Fsp3) is 0.500. The minimum Gasteiger partial charge on any atom is -0.334 e. The highest BCUT2D eigenvalue weighted by Crippen LogP contribution is 2.24. The van der Waals surface area contributed by atoms with Gasteiger partial charge in [0.1, 0.15) is 0 Å². The second-order valence-electron chi connectivity index (χ2n) is 7.28. The molecule has 2 atom stereocenters. The largest absolute Gasteiger partial charge is 0.334 e. The van der Waals surface area contributed by atoms with Crippen LogP contribution in [0.5, 0.6) is 0 Å². The van der Waals surface area contributed by atoms with Crippen molar-refractivity contribution < 1.29 is 4.79 Å². The molecule has 28 heavy (non-hydrogen) atoms. The number of nitriles is 1. The van der Waals surface area contributed by atoms with Gasteiger partial charge in [0.25, 0.3) is 0 Å². The van der Waals surface area contributed by atoms with E-state index in [1.807, 2.05) is 35.0 Å². The Labute approximate surface area is 166 Å². The zero-order valence-electron chi connectivity index (χ0n) is 16.7. The topological polar surface area (TPSA) is 82.7 Å². The van der Waals surface area contributed by atoms with Crippen LogP contribution in [0, 0.1) is 17.2 Å². The van der Waals surface area contributed by atoms with Crippen LogP contribution in [0.1, 0.15) is 56.5 Å². The van der Waals surface area contributed by atoms with Crippen LogP contribution in [0.25, 0.3) is 5.69 Å². The molecule has 3 rings (SSSR count). The van der Waals surface area contributed by atoms with Gasteiger partial charge in [-0.15, -0.1) is 0 Å². The Morgan fingerprint density at radius 2 is 1.96 bits per heavy atom. The number of para-hydroxylation sites is 1. The van der Waals surface area contributed by atoms with Gasteiger partial charge in [0.2, 0.25) is 0 Å². The molecule has 2 unspecified atom stereocenters. The molecule has 148 valence electrons. The van der Waals surface area contributed by atoms with Crippen molar-refractivity contribution in [1.82, 2.24) is 20.4 Å². The molecular formula is C22H29N5O. The molecule has 0 radical (unpaired) electrons. The van der Waals surface area contributed by atoms with E-state index in [0.717, 1.165) is 61.2 Å². The van der Waals surface area contributed by atoms with E-state index < -0.39 is 0 Å². The average Bonchev–Trinajstić information content (AvgIpc) is 3.11. The highest BCUT2D eigenvalue weighted by molar-refractivity contribution is 5.74. The summed E-state index contributed by atoms with van der Waals surface area (Å²) in [6.45, 7) is 4.63. The first kappa shape index (κ1) is 19.9. The number of hydrogen-bond donors (Lipinski definition) is 2. The molecule has 2 amide bonds. The van der Waals surface area contributed by atoms with Gasteiger partial charge >= 0.3 is 6.03 Å². The number of hydrogen-bond acceptors (Lipinski definition) is 3. The minimum absolute atomic E-state index is 0.0536. The molecule has 6 heteroatoms. The lowest BCUT2D eigenvalue weighted by atomic mass is 9.85. The van der Waals surface area contributed by atoms with Crippen molar-refractivity contribution in [3.05, 3.63) is 47.3 Å². The predicted octanol–water partition coefficient (Wildman–Crippen LogP) is 3.88. The van der Waals surface area contributed by atoms with Gasteiger partial charge in [-0.25, -0.2) is 9.48 Å². The van der Waals surface area contributed by atoms with E-state index in [1.54, 1.807) is 0 Å². The van der Waals surface area contributed by atoms with Crippen LogP contribution in [0.2, 0.25) is 0 Å². The fourth-order valence-corrected chi connectivity index (χ4v) is 4.02. The Balaban J connectivity index is 1.72. The number of nitrogens with zero attached hydrogens (tertiary/aromatic N) is 3. The number of aromatic nitrogens is 2. The molecule has 1 aromatic carbocycles. The third-order valence-electron chi connectivity index (χ3n) is 5.52.